The normalized spacial score (nSPS) is 10.8. The molecule has 2 rings (SSSR count). The van der Waals surface area contributed by atoms with E-state index in [1.54, 1.807) is 30.5 Å². The Balaban J connectivity index is 2.31. The molecule has 0 bridgehead atoms. The molecule has 2 aromatic rings. The first-order chi connectivity index (χ1) is 6.77. The summed E-state index contributed by atoms with van der Waals surface area (Å²) in [4.78, 5) is 0. The van der Waals surface area contributed by atoms with Gasteiger partial charge in [0, 0.05) is 11.1 Å². The van der Waals surface area contributed by atoms with Crippen LogP contribution >= 0.6 is 0 Å². The third-order valence-corrected chi connectivity index (χ3v) is 1.97. The molecule has 0 aliphatic rings. The Morgan fingerprint density at radius 3 is 2.21 bits per heavy atom. The second kappa shape index (κ2) is 3.62. The number of hydrogen-bond acceptors (Lipinski definition) is 1. The van der Waals surface area contributed by atoms with Crippen LogP contribution in [0.1, 0.15) is 12.0 Å². The molecule has 0 atom stereocenters. The van der Waals surface area contributed by atoms with Gasteiger partial charge in [0.2, 0.25) is 0 Å². The predicted molar refractivity (Wildman–Crippen MR) is 49.1 cm³/mol. The zero-order chi connectivity index (χ0) is 9.97. The van der Waals surface area contributed by atoms with E-state index in [-0.39, 0.29) is 5.56 Å². The predicted octanol–water partition coefficient (Wildman–Crippen LogP) is 3.88. The molecule has 0 aliphatic carbocycles. The van der Waals surface area contributed by atoms with Crippen LogP contribution in [-0.2, 0) is 0 Å². The van der Waals surface area contributed by atoms with E-state index in [1.165, 1.54) is 12.1 Å². The minimum absolute atomic E-state index is 0.0281. The minimum atomic E-state index is -2.42. The molecule has 0 N–H and O–H groups in total. The Morgan fingerprint density at radius 2 is 1.71 bits per heavy atom. The van der Waals surface area contributed by atoms with Crippen molar-refractivity contribution in [3.63, 3.8) is 0 Å². The van der Waals surface area contributed by atoms with Gasteiger partial charge < -0.3 is 4.42 Å². The molecule has 0 fully saturated rings. The van der Waals surface area contributed by atoms with Crippen LogP contribution in [0.25, 0.3) is 11.3 Å². The van der Waals surface area contributed by atoms with Gasteiger partial charge in [0.15, 0.2) is 0 Å². The van der Waals surface area contributed by atoms with Crippen LogP contribution in [0.3, 0.4) is 0 Å². The first-order valence-electron chi connectivity index (χ1n) is 4.19. The van der Waals surface area contributed by atoms with Crippen LogP contribution < -0.4 is 0 Å². The van der Waals surface area contributed by atoms with Gasteiger partial charge in [-0.1, -0.05) is 24.3 Å². The largest absolute Gasteiger partial charge is 0.464 e. The van der Waals surface area contributed by atoms with Crippen LogP contribution in [0.2, 0.25) is 0 Å². The van der Waals surface area contributed by atoms with Gasteiger partial charge in [0.1, 0.15) is 5.76 Å². The highest BCUT2D eigenvalue weighted by atomic mass is 19.3. The monoisotopic (exact) mass is 194 g/mol. The molecule has 0 saturated heterocycles. The highest BCUT2D eigenvalue weighted by molar-refractivity contribution is 5.57. The summed E-state index contributed by atoms with van der Waals surface area (Å²) in [6.07, 6.45) is -0.864. The Labute approximate surface area is 80.0 Å². The van der Waals surface area contributed by atoms with Crippen LogP contribution in [0.5, 0.6) is 0 Å². The van der Waals surface area contributed by atoms with Gasteiger partial charge in [-0.2, -0.15) is 0 Å². The standard InChI is InChI=1S/C11H8F2O/c12-11(13)9-5-3-8(4-6-9)10-2-1-7-14-10/h1-7,11H. The van der Waals surface area contributed by atoms with Gasteiger partial charge in [-0.25, -0.2) is 8.78 Å². The van der Waals surface area contributed by atoms with E-state index in [4.69, 9.17) is 4.42 Å². The molecule has 0 radical (unpaired) electrons. The smallest absolute Gasteiger partial charge is 0.263 e. The van der Waals surface area contributed by atoms with Crippen LogP contribution in [-0.4, -0.2) is 0 Å². The summed E-state index contributed by atoms with van der Waals surface area (Å²) in [6, 6.07) is 9.61. The molecule has 0 amide bonds. The Kier molecular flexibility index (Phi) is 2.31. The second-order valence-electron chi connectivity index (χ2n) is 2.90. The van der Waals surface area contributed by atoms with Gasteiger partial charge >= 0.3 is 0 Å². The maximum atomic E-state index is 12.2. The lowest BCUT2D eigenvalue weighted by molar-refractivity contribution is 0.151. The SMILES string of the molecule is FC(F)c1ccc(-c2ccco2)cc1. The number of furan rings is 1. The number of rotatable bonds is 2. The fourth-order valence-corrected chi connectivity index (χ4v) is 1.24. The lowest BCUT2D eigenvalue weighted by Gasteiger charge is -2.00. The maximum Gasteiger partial charge on any atom is 0.263 e. The van der Waals surface area contributed by atoms with E-state index < -0.39 is 6.43 Å². The van der Waals surface area contributed by atoms with Crippen molar-refractivity contribution in [2.75, 3.05) is 0 Å². The minimum Gasteiger partial charge on any atom is -0.464 e. The highest BCUT2D eigenvalue weighted by Crippen LogP contribution is 2.24. The summed E-state index contributed by atoms with van der Waals surface area (Å²) in [6.45, 7) is 0. The molecule has 0 saturated carbocycles. The maximum absolute atomic E-state index is 12.2. The molecular weight excluding hydrogens is 186 g/mol. The van der Waals surface area contributed by atoms with E-state index >= 15 is 0 Å². The quantitative estimate of drug-likeness (QED) is 0.706. The van der Waals surface area contributed by atoms with Gasteiger partial charge in [-0.3, -0.25) is 0 Å². The Morgan fingerprint density at radius 1 is 1.00 bits per heavy atom. The third kappa shape index (κ3) is 1.66. The number of hydrogen-bond donors (Lipinski definition) is 0. The van der Waals surface area contributed by atoms with Crippen molar-refractivity contribution in [1.29, 1.82) is 0 Å². The summed E-state index contributed by atoms with van der Waals surface area (Å²) in [5, 5.41) is 0. The van der Waals surface area contributed by atoms with Crippen molar-refractivity contribution < 1.29 is 13.2 Å². The molecule has 1 aromatic heterocycles. The number of halogens is 2. The summed E-state index contributed by atoms with van der Waals surface area (Å²) in [7, 11) is 0. The van der Waals surface area contributed by atoms with Gasteiger partial charge in [-0.05, 0) is 12.1 Å². The molecular formula is C11H8F2O. The van der Waals surface area contributed by atoms with E-state index in [1.807, 2.05) is 0 Å². The topological polar surface area (TPSA) is 13.1 Å². The molecule has 72 valence electrons. The molecule has 0 unspecified atom stereocenters. The van der Waals surface area contributed by atoms with E-state index in [2.05, 4.69) is 0 Å². The van der Waals surface area contributed by atoms with E-state index in [0.717, 1.165) is 5.56 Å². The highest BCUT2D eigenvalue weighted by Gasteiger charge is 2.06. The van der Waals surface area contributed by atoms with E-state index in [9.17, 15) is 8.78 Å². The van der Waals surface area contributed by atoms with Crippen molar-refractivity contribution in [2.24, 2.45) is 0 Å². The van der Waals surface area contributed by atoms with Crippen molar-refractivity contribution in [3.05, 3.63) is 48.2 Å². The molecule has 14 heavy (non-hydrogen) atoms. The summed E-state index contributed by atoms with van der Waals surface area (Å²) < 4.78 is 29.6. The van der Waals surface area contributed by atoms with Crippen molar-refractivity contribution in [3.8, 4) is 11.3 Å². The zero-order valence-corrected chi connectivity index (χ0v) is 7.28. The molecule has 0 spiro atoms. The van der Waals surface area contributed by atoms with Crippen LogP contribution in [0, 0.1) is 0 Å². The second-order valence-corrected chi connectivity index (χ2v) is 2.90. The fourth-order valence-electron chi connectivity index (χ4n) is 1.24. The van der Waals surface area contributed by atoms with E-state index in [0.29, 0.717) is 5.76 Å². The molecule has 3 heteroatoms. The number of benzene rings is 1. The van der Waals surface area contributed by atoms with Gasteiger partial charge in [0.05, 0.1) is 6.26 Å². The average molecular weight is 194 g/mol. The van der Waals surface area contributed by atoms with Crippen molar-refractivity contribution in [2.45, 2.75) is 6.43 Å². The van der Waals surface area contributed by atoms with Crippen LogP contribution in [0.4, 0.5) is 8.78 Å². The first-order valence-corrected chi connectivity index (χ1v) is 4.19. The Bertz CT molecular complexity index is 390. The molecule has 1 nitrogen and oxygen atoms in total. The average Bonchev–Trinajstić information content (AvgIpc) is 2.71. The summed E-state index contributed by atoms with van der Waals surface area (Å²) >= 11 is 0. The lowest BCUT2D eigenvalue weighted by Crippen LogP contribution is -1.82. The van der Waals surface area contributed by atoms with Crippen LogP contribution in [0.15, 0.2) is 47.1 Å². The van der Waals surface area contributed by atoms with Gasteiger partial charge in [-0.15, -0.1) is 0 Å². The third-order valence-electron chi connectivity index (χ3n) is 1.97. The van der Waals surface area contributed by atoms with Gasteiger partial charge in [0.25, 0.3) is 6.43 Å². The lowest BCUT2D eigenvalue weighted by atomic mass is 10.1. The summed E-state index contributed by atoms with van der Waals surface area (Å²) in [5.74, 6) is 0.686. The first kappa shape index (κ1) is 8.94. The Hall–Kier alpha value is -1.64. The zero-order valence-electron chi connectivity index (χ0n) is 7.28. The number of alkyl halides is 2. The molecule has 1 aromatic carbocycles. The molecule has 1 heterocycles. The fraction of sp³-hybridized carbons (Fsp3) is 0.0909. The molecule has 0 aliphatic heterocycles. The van der Waals surface area contributed by atoms with Crippen molar-refractivity contribution >= 4 is 0 Å². The van der Waals surface area contributed by atoms with Crippen molar-refractivity contribution in [1.82, 2.24) is 0 Å². The summed E-state index contributed by atoms with van der Waals surface area (Å²) in [5.41, 5.74) is 0.833.